The number of carboxylic acids is 1. The number of carbonyl (C=O) groups excluding carboxylic acids is 2. The molecule has 0 spiro atoms. The molecule has 0 aliphatic carbocycles. The predicted octanol–water partition coefficient (Wildman–Crippen LogP) is 0.211. The highest BCUT2D eigenvalue weighted by Gasteiger charge is 2.21. The Kier molecular flexibility index (Phi) is 5.58. The molecule has 0 saturated heterocycles. The lowest BCUT2D eigenvalue weighted by Gasteiger charge is -2.13. The van der Waals surface area contributed by atoms with E-state index in [1.165, 1.54) is 0 Å². The number of carboxylic acid groups (broad SMARTS) is 1. The highest BCUT2D eigenvalue weighted by atomic mass is 17.2. The van der Waals surface area contributed by atoms with Crippen LogP contribution in [0.5, 0.6) is 0 Å². The molecule has 0 aliphatic rings. The van der Waals surface area contributed by atoms with Crippen LogP contribution >= 0.6 is 0 Å². The van der Waals surface area contributed by atoms with E-state index in [-0.39, 0.29) is 16.7 Å². The van der Waals surface area contributed by atoms with Crippen LogP contribution in [0.4, 0.5) is 0 Å². The van der Waals surface area contributed by atoms with Crippen molar-refractivity contribution in [1.82, 2.24) is 0 Å². The van der Waals surface area contributed by atoms with Crippen LogP contribution in [0, 0.1) is 0 Å². The summed E-state index contributed by atoms with van der Waals surface area (Å²) >= 11 is 0. The average molecular weight is 296 g/mol. The summed E-state index contributed by atoms with van der Waals surface area (Å²) < 4.78 is 0. The summed E-state index contributed by atoms with van der Waals surface area (Å²) in [6.45, 7) is 2.36. The second-order valence-corrected chi connectivity index (χ2v) is 3.78. The third kappa shape index (κ3) is 4.13. The van der Waals surface area contributed by atoms with Crippen LogP contribution in [-0.4, -0.2) is 39.8 Å². The molecule has 112 valence electrons. The summed E-state index contributed by atoms with van der Waals surface area (Å²) in [4.78, 5) is 41.7. The summed E-state index contributed by atoms with van der Waals surface area (Å²) in [5, 5.41) is 27.4. The van der Waals surface area contributed by atoms with E-state index in [1.807, 2.05) is 0 Å². The van der Waals surface area contributed by atoms with Crippen LogP contribution in [-0.2, 0) is 14.6 Å². The molecule has 8 heteroatoms. The smallest absolute Gasteiger partial charge is 0.386 e. The van der Waals surface area contributed by atoms with Gasteiger partial charge in [-0.25, -0.2) is 24.2 Å². The minimum atomic E-state index is -1.50. The first-order valence-electron chi connectivity index (χ1n) is 5.62. The van der Waals surface area contributed by atoms with Crippen LogP contribution in [0.3, 0.4) is 0 Å². The van der Waals surface area contributed by atoms with E-state index >= 15 is 0 Å². The first-order chi connectivity index (χ1) is 9.90. The van der Waals surface area contributed by atoms with Gasteiger partial charge in [-0.1, -0.05) is 6.58 Å². The van der Waals surface area contributed by atoms with Crippen LogP contribution in [0.2, 0.25) is 0 Å². The standard InChI is InChI=1S/C13H12O8/c1-2-11(16)20-21-13(19)8-4-3-7(12(17)18)5-9(8)10(15)6-14/h2-5,10,14-15H,1,6H2,(H,17,18). The van der Waals surface area contributed by atoms with Gasteiger partial charge in [0, 0.05) is 6.08 Å². The molecular formula is C13H12O8. The molecule has 3 N–H and O–H groups in total. The summed E-state index contributed by atoms with van der Waals surface area (Å²) in [7, 11) is 0. The molecule has 1 rings (SSSR count). The second-order valence-electron chi connectivity index (χ2n) is 3.78. The molecule has 1 atom stereocenters. The van der Waals surface area contributed by atoms with E-state index in [2.05, 4.69) is 16.4 Å². The van der Waals surface area contributed by atoms with Gasteiger partial charge in [-0.15, -0.1) is 0 Å². The lowest BCUT2D eigenvalue weighted by atomic mass is 9.99. The Bertz CT molecular complexity index is 578. The predicted molar refractivity (Wildman–Crippen MR) is 67.2 cm³/mol. The Morgan fingerprint density at radius 1 is 1.29 bits per heavy atom. The third-order valence-electron chi connectivity index (χ3n) is 2.42. The average Bonchev–Trinajstić information content (AvgIpc) is 2.50. The van der Waals surface area contributed by atoms with Gasteiger partial charge in [0.2, 0.25) is 0 Å². The van der Waals surface area contributed by atoms with E-state index in [0.29, 0.717) is 0 Å². The van der Waals surface area contributed by atoms with Gasteiger partial charge in [-0.3, -0.25) is 0 Å². The van der Waals surface area contributed by atoms with Crippen molar-refractivity contribution in [1.29, 1.82) is 0 Å². The van der Waals surface area contributed by atoms with E-state index in [0.717, 1.165) is 24.3 Å². The van der Waals surface area contributed by atoms with Crippen molar-refractivity contribution in [2.45, 2.75) is 6.10 Å². The van der Waals surface area contributed by atoms with Crippen molar-refractivity contribution in [3.05, 3.63) is 47.5 Å². The minimum Gasteiger partial charge on any atom is -0.478 e. The first-order valence-corrected chi connectivity index (χ1v) is 5.62. The van der Waals surface area contributed by atoms with Gasteiger partial charge in [0.05, 0.1) is 17.7 Å². The zero-order valence-electron chi connectivity index (χ0n) is 10.7. The zero-order valence-corrected chi connectivity index (χ0v) is 10.7. The fourth-order valence-corrected chi connectivity index (χ4v) is 1.41. The number of aliphatic hydroxyl groups excluding tert-OH is 2. The highest BCUT2D eigenvalue weighted by molar-refractivity contribution is 5.94. The molecule has 0 fully saturated rings. The quantitative estimate of drug-likeness (QED) is 0.399. The second kappa shape index (κ2) is 7.17. The largest absolute Gasteiger partial charge is 0.478 e. The fraction of sp³-hybridized carbons (Fsp3) is 0.154. The summed E-state index contributed by atoms with van der Waals surface area (Å²) in [6.07, 6.45) is -0.730. The van der Waals surface area contributed by atoms with Crippen LogP contribution < -0.4 is 0 Å². The molecule has 0 aromatic heterocycles. The highest BCUT2D eigenvalue weighted by Crippen LogP contribution is 2.21. The van der Waals surface area contributed by atoms with E-state index in [4.69, 9.17) is 10.2 Å². The van der Waals surface area contributed by atoms with Crippen LogP contribution in [0.1, 0.15) is 32.4 Å². The Morgan fingerprint density at radius 3 is 2.48 bits per heavy atom. The molecule has 0 aliphatic heterocycles. The van der Waals surface area contributed by atoms with Crippen molar-refractivity contribution in [2.75, 3.05) is 6.61 Å². The molecule has 21 heavy (non-hydrogen) atoms. The molecule has 0 amide bonds. The number of rotatable bonds is 5. The minimum absolute atomic E-state index is 0.169. The number of aromatic carboxylic acids is 1. The topological polar surface area (TPSA) is 130 Å². The lowest BCUT2D eigenvalue weighted by molar-refractivity contribution is -0.228. The summed E-state index contributed by atoms with van der Waals surface area (Å²) in [5.41, 5.74) is -0.618. The summed E-state index contributed by atoms with van der Waals surface area (Å²) in [6, 6.07) is 3.18. The van der Waals surface area contributed by atoms with Gasteiger partial charge >= 0.3 is 17.9 Å². The molecule has 0 heterocycles. The maximum absolute atomic E-state index is 11.7. The monoisotopic (exact) mass is 296 g/mol. The van der Waals surface area contributed by atoms with Gasteiger partial charge in [0.1, 0.15) is 6.10 Å². The van der Waals surface area contributed by atoms with Crippen LogP contribution in [0.15, 0.2) is 30.9 Å². The molecule has 8 nitrogen and oxygen atoms in total. The first kappa shape index (κ1) is 16.3. The molecule has 1 unspecified atom stereocenters. The number of hydrogen-bond donors (Lipinski definition) is 3. The van der Waals surface area contributed by atoms with Gasteiger partial charge in [0.15, 0.2) is 0 Å². The van der Waals surface area contributed by atoms with Crippen molar-refractivity contribution in [3.63, 3.8) is 0 Å². The van der Waals surface area contributed by atoms with Gasteiger partial charge in [-0.05, 0) is 23.8 Å². The van der Waals surface area contributed by atoms with Gasteiger partial charge < -0.3 is 15.3 Å². The molecule has 0 bridgehead atoms. The number of hydrogen-bond acceptors (Lipinski definition) is 7. The van der Waals surface area contributed by atoms with Crippen LogP contribution in [0.25, 0.3) is 0 Å². The Balaban J connectivity index is 3.09. The number of carbonyl (C=O) groups is 3. The molecule has 1 aromatic carbocycles. The van der Waals surface area contributed by atoms with E-state index in [1.54, 1.807) is 0 Å². The molecular weight excluding hydrogens is 284 g/mol. The Hall–Kier alpha value is -2.71. The lowest BCUT2D eigenvalue weighted by Crippen LogP contribution is -2.15. The Labute approximate surface area is 118 Å². The van der Waals surface area contributed by atoms with E-state index in [9.17, 15) is 19.5 Å². The van der Waals surface area contributed by atoms with Gasteiger partial charge in [-0.2, -0.15) is 0 Å². The SMILES string of the molecule is C=CC(=O)OOC(=O)c1ccc(C(=O)O)cc1C(O)CO. The van der Waals surface area contributed by atoms with Crippen molar-refractivity contribution in [2.24, 2.45) is 0 Å². The fourth-order valence-electron chi connectivity index (χ4n) is 1.41. The maximum atomic E-state index is 11.7. The molecule has 0 radical (unpaired) electrons. The number of benzene rings is 1. The Morgan fingerprint density at radius 2 is 1.95 bits per heavy atom. The maximum Gasteiger partial charge on any atom is 0.386 e. The number of aliphatic hydroxyl groups is 2. The molecule has 0 saturated carbocycles. The zero-order chi connectivity index (χ0) is 16.0. The van der Waals surface area contributed by atoms with Crippen molar-refractivity contribution >= 4 is 17.9 Å². The van der Waals surface area contributed by atoms with E-state index < -0.39 is 30.6 Å². The van der Waals surface area contributed by atoms with Crippen molar-refractivity contribution < 1.29 is 39.5 Å². The summed E-state index contributed by atoms with van der Waals surface area (Å²) in [5.74, 6) is -3.42. The molecule has 1 aromatic rings. The van der Waals surface area contributed by atoms with Crippen molar-refractivity contribution in [3.8, 4) is 0 Å². The third-order valence-corrected chi connectivity index (χ3v) is 2.42. The normalized spacial score (nSPS) is 11.3. The van der Waals surface area contributed by atoms with Gasteiger partial charge in [0.25, 0.3) is 0 Å².